The Morgan fingerprint density at radius 1 is 1.50 bits per heavy atom. The van der Waals surface area contributed by atoms with Gasteiger partial charge in [0.2, 0.25) is 0 Å². The van der Waals surface area contributed by atoms with Crippen LogP contribution in [-0.2, 0) is 11.3 Å². The van der Waals surface area contributed by atoms with Gasteiger partial charge in [-0.15, -0.1) is 11.3 Å². The normalized spacial score (nSPS) is 10.4. The van der Waals surface area contributed by atoms with Gasteiger partial charge < -0.3 is 15.0 Å². The summed E-state index contributed by atoms with van der Waals surface area (Å²) >= 11 is 1.36. The highest BCUT2D eigenvalue weighted by Crippen LogP contribution is 2.27. The molecule has 0 atom stereocenters. The van der Waals surface area contributed by atoms with Gasteiger partial charge in [-0.25, -0.2) is 4.79 Å². The fourth-order valence-electron chi connectivity index (χ4n) is 1.54. The fourth-order valence-corrected chi connectivity index (χ4v) is 2.53. The second-order valence-corrected chi connectivity index (χ2v) is 4.10. The molecule has 5 heteroatoms. The van der Waals surface area contributed by atoms with Crippen molar-refractivity contribution < 1.29 is 9.53 Å². The first-order valence-corrected chi connectivity index (χ1v) is 5.68. The molecule has 0 aliphatic rings. The third-order valence-corrected chi connectivity index (χ3v) is 3.29. The molecule has 4 nitrogen and oxygen atoms in total. The second-order valence-electron chi connectivity index (χ2n) is 3.22. The van der Waals surface area contributed by atoms with Gasteiger partial charge in [-0.3, -0.25) is 0 Å². The lowest BCUT2D eigenvalue weighted by Gasteiger charge is -2.06. The highest BCUT2D eigenvalue weighted by Gasteiger charge is 2.18. The van der Waals surface area contributed by atoms with E-state index in [0.717, 1.165) is 11.3 Å². The van der Waals surface area contributed by atoms with Crippen molar-refractivity contribution in [2.45, 2.75) is 6.54 Å². The first-order valence-electron chi connectivity index (χ1n) is 4.80. The van der Waals surface area contributed by atoms with E-state index in [4.69, 9.17) is 10.5 Å². The minimum absolute atomic E-state index is 0.326. The van der Waals surface area contributed by atoms with Gasteiger partial charge in [-0.05, 0) is 17.5 Å². The molecule has 16 heavy (non-hydrogen) atoms. The molecule has 84 valence electrons. The van der Waals surface area contributed by atoms with Crippen LogP contribution in [0.3, 0.4) is 0 Å². The van der Waals surface area contributed by atoms with Gasteiger partial charge in [-0.1, -0.05) is 0 Å². The molecule has 0 aliphatic carbocycles. The van der Waals surface area contributed by atoms with E-state index in [0.29, 0.717) is 11.4 Å². The Morgan fingerprint density at radius 2 is 2.19 bits per heavy atom. The summed E-state index contributed by atoms with van der Waals surface area (Å²) in [4.78, 5) is 12.2. The molecular weight excluding hydrogens is 224 g/mol. The molecule has 2 N–H and O–H groups in total. The molecule has 0 fully saturated rings. The molecule has 0 unspecified atom stereocenters. The number of nitrogens with two attached hydrogens (primary N) is 1. The molecule has 0 amide bonds. The molecule has 0 aliphatic heterocycles. The minimum Gasteiger partial charge on any atom is -0.465 e. The van der Waals surface area contributed by atoms with Gasteiger partial charge >= 0.3 is 5.97 Å². The zero-order valence-electron chi connectivity index (χ0n) is 8.84. The Morgan fingerprint density at radius 3 is 2.75 bits per heavy atom. The molecule has 0 bridgehead atoms. The molecule has 2 rings (SSSR count). The molecule has 0 saturated carbocycles. The SMILES string of the molecule is COC(=O)c1scc(CN)c1-n1cccc1. The maximum Gasteiger partial charge on any atom is 0.350 e. The Balaban J connectivity index is 2.56. The molecule has 2 aromatic heterocycles. The van der Waals surface area contributed by atoms with Crippen molar-refractivity contribution >= 4 is 17.3 Å². The summed E-state index contributed by atoms with van der Waals surface area (Å²) < 4.78 is 6.63. The van der Waals surface area contributed by atoms with Crippen molar-refractivity contribution in [3.05, 3.63) is 40.3 Å². The van der Waals surface area contributed by atoms with E-state index in [2.05, 4.69) is 0 Å². The Kier molecular flexibility index (Phi) is 3.07. The third kappa shape index (κ3) is 1.75. The first-order chi connectivity index (χ1) is 7.77. The summed E-state index contributed by atoms with van der Waals surface area (Å²) in [5, 5.41) is 1.89. The van der Waals surface area contributed by atoms with Crippen molar-refractivity contribution in [2.24, 2.45) is 5.73 Å². The second kappa shape index (κ2) is 4.51. The average Bonchev–Trinajstić information content (AvgIpc) is 2.95. The number of hydrogen-bond acceptors (Lipinski definition) is 4. The highest BCUT2D eigenvalue weighted by molar-refractivity contribution is 7.12. The summed E-state index contributed by atoms with van der Waals surface area (Å²) in [6.07, 6.45) is 3.77. The first kappa shape index (κ1) is 10.9. The molecule has 0 radical (unpaired) electrons. The van der Waals surface area contributed by atoms with Gasteiger partial charge in [-0.2, -0.15) is 0 Å². The van der Waals surface area contributed by atoms with Crippen molar-refractivity contribution in [2.75, 3.05) is 7.11 Å². The van der Waals surface area contributed by atoms with Crippen LogP contribution in [0.5, 0.6) is 0 Å². The van der Waals surface area contributed by atoms with Crippen LogP contribution in [0, 0.1) is 0 Å². The zero-order valence-corrected chi connectivity index (χ0v) is 9.66. The Labute approximate surface area is 97.3 Å². The quantitative estimate of drug-likeness (QED) is 0.826. The van der Waals surface area contributed by atoms with Gasteiger partial charge in [0.15, 0.2) is 0 Å². The van der Waals surface area contributed by atoms with Crippen LogP contribution in [0.25, 0.3) is 5.69 Å². The summed E-state index contributed by atoms with van der Waals surface area (Å²) in [6.45, 7) is 0.404. The summed E-state index contributed by atoms with van der Waals surface area (Å²) in [7, 11) is 1.38. The topological polar surface area (TPSA) is 57.2 Å². The largest absolute Gasteiger partial charge is 0.465 e. The van der Waals surface area contributed by atoms with Crippen molar-refractivity contribution in [1.29, 1.82) is 0 Å². The van der Waals surface area contributed by atoms with E-state index >= 15 is 0 Å². The van der Waals surface area contributed by atoms with Gasteiger partial charge in [0.1, 0.15) is 4.88 Å². The molecule has 0 aromatic carbocycles. The van der Waals surface area contributed by atoms with Crippen LogP contribution >= 0.6 is 11.3 Å². The van der Waals surface area contributed by atoms with Crippen molar-refractivity contribution in [3.63, 3.8) is 0 Å². The van der Waals surface area contributed by atoms with E-state index in [1.165, 1.54) is 18.4 Å². The van der Waals surface area contributed by atoms with E-state index in [1.807, 2.05) is 34.5 Å². The highest BCUT2D eigenvalue weighted by atomic mass is 32.1. The van der Waals surface area contributed by atoms with Crippen LogP contribution < -0.4 is 5.73 Å². The average molecular weight is 236 g/mol. The number of ether oxygens (including phenoxy) is 1. The van der Waals surface area contributed by atoms with Crippen molar-refractivity contribution in [3.8, 4) is 5.69 Å². The van der Waals surface area contributed by atoms with Gasteiger partial charge in [0, 0.05) is 24.5 Å². The molecule has 0 spiro atoms. The number of carbonyl (C=O) groups is 1. The molecule has 2 heterocycles. The predicted molar refractivity (Wildman–Crippen MR) is 62.9 cm³/mol. The molecule has 2 aromatic rings. The van der Waals surface area contributed by atoms with Gasteiger partial charge in [0.25, 0.3) is 0 Å². The molecular formula is C11H12N2O2S. The molecule has 0 saturated heterocycles. The van der Waals surface area contributed by atoms with Crippen molar-refractivity contribution in [1.82, 2.24) is 4.57 Å². The number of esters is 1. The van der Waals surface area contributed by atoms with Crippen LogP contribution in [0.4, 0.5) is 0 Å². The van der Waals surface area contributed by atoms with E-state index < -0.39 is 0 Å². The van der Waals surface area contributed by atoms with Crippen LogP contribution in [0.2, 0.25) is 0 Å². The maximum atomic E-state index is 11.6. The van der Waals surface area contributed by atoms with Crippen LogP contribution in [0.15, 0.2) is 29.9 Å². The smallest absolute Gasteiger partial charge is 0.350 e. The lowest BCUT2D eigenvalue weighted by molar-refractivity contribution is 0.0606. The van der Waals surface area contributed by atoms with Gasteiger partial charge in [0.05, 0.1) is 12.8 Å². The Hall–Kier alpha value is -1.59. The number of thiophene rings is 1. The third-order valence-electron chi connectivity index (χ3n) is 2.29. The number of methoxy groups -OCH3 is 1. The number of nitrogens with zero attached hydrogens (tertiary/aromatic N) is 1. The number of hydrogen-bond donors (Lipinski definition) is 1. The maximum absolute atomic E-state index is 11.6. The van der Waals surface area contributed by atoms with E-state index in [-0.39, 0.29) is 5.97 Å². The summed E-state index contributed by atoms with van der Waals surface area (Å²) in [6, 6.07) is 3.80. The predicted octanol–water partition coefficient (Wildman–Crippen LogP) is 1.78. The van der Waals surface area contributed by atoms with E-state index in [9.17, 15) is 4.79 Å². The minimum atomic E-state index is -0.326. The van der Waals surface area contributed by atoms with E-state index in [1.54, 1.807) is 0 Å². The van der Waals surface area contributed by atoms with Crippen LogP contribution in [0.1, 0.15) is 15.2 Å². The zero-order chi connectivity index (χ0) is 11.5. The summed E-state index contributed by atoms with van der Waals surface area (Å²) in [5.41, 5.74) is 7.42. The summed E-state index contributed by atoms with van der Waals surface area (Å²) in [5.74, 6) is -0.326. The number of carbonyl (C=O) groups excluding carboxylic acids is 1. The Bertz CT molecular complexity index is 488. The number of aromatic nitrogens is 1. The lowest BCUT2D eigenvalue weighted by atomic mass is 10.2. The number of rotatable bonds is 3. The monoisotopic (exact) mass is 236 g/mol. The lowest BCUT2D eigenvalue weighted by Crippen LogP contribution is -2.07. The van der Waals surface area contributed by atoms with Crippen LogP contribution in [-0.4, -0.2) is 17.6 Å². The standard InChI is InChI=1S/C11H12N2O2S/c1-15-11(14)10-9(8(6-12)7-16-10)13-4-2-3-5-13/h2-5,7H,6,12H2,1H3. The fraction of sp³-hybridized carbons (Fsp3) is 0.182.